The van der Waals surface area contributed by atoms with E-state index in [9.17, 15) is 8.78 Å². The molecule has 0 radical (unpaired) electrons. The first-order chi connectivity index (χ1) is 10.1. The Balaban J connectivity index is 2.33. The van der Waals surface area contributed by atoms with Crippen LogP contribution in [0, 0.1) is 23.3 Å². The van der Waals surface area contributed by atoms with E-state index in [1.165, 1.54) is 16.7 Å². The summed E-state index contributed by atoms with van der Waals surface area (Å²) in [7, 11) is 0. The minimum absolute atomic E-state index is 0.136. The van der Waals surface area contributed by atoms with Crippen LogP contribution in [0.25, 0.3) is 17.1 Å². The van der Waals surface area contributed by atoms with Gasteiger partial charge in [-0.15, -0.1) is 0 Å². The zero-order valence-corrected chi connectivity index (χ0v) is 11.9. The van der Waals surface area contributed by atoms with Crippen LogP contribution >= 0.6 is 12.2 Å². The van der Waals surface area contributed by atoms with Gasteiger partial charge in [-0.2, -0.15) is 5.10 Å². The van der Waals surface area contributed by atoms with E-state index < -0.39 is 11.6 Å². The zero-order chi connectivity index (χ0) is 15.0. The number of aromatic amines is 1. The standard InChI is InChI=1S/C15H11F2N3S/c1-9-7-8-11(16)13(12(9)17)20-14(18-19-15(20)21)10-5-3-2-4-6-10/h2-8H,1H3,(H,19,21). The third kappa shape index (κ3) is 2.27. The Kier molecular flexibility index (Phi) is 3.39. The predicted octanol–water partition coefficient (Wildman–Crippen LogP) is 4.18. The van der Waals surface area contributed by atoms with Crippen LogP contribution < -0.4 is 0 Å². The summed E-state index contributed by atoms with van der Waals surface area (Å²) in [6.07, 6.45) is 0. The molecule has 21 heavy (non-hydrogen) atoms. The van der Waals surface area contributed by atoms with Crippen molar-refractivity contribution in [3.05, 3.63) is 64.4 Å². The Labute approximate surface area is 124 Å². The van der Waals surface area contributed by atoms with E-state index in [4.69, 9.17) is 12.2 Å². The molecule has 0 spiro atoms. The summed E-state index contributed by atoms with van der Waals surface area (Å²) in [6.45, 7) is 1.57. The summed E-state index contributed by atoms with van der Waals surface area (Å²) in [5, 5.41) is 6.68. The van der Waals surface area contributed by atoms with Gasteiger partial charge in [0.1, 0.15) is 11.5 Å². The summed E-state index contributed by atoms with van der Waals surface area (Å²) in [5.41, 5.74) is 0.839. The van der Waals surface area contributed by atoms with Crippen molar-refractivity contribution in [3.8, 4) is 17.1 Å². The third-order valence-corrected chi connectivity index (χ3v) is 3.46. The summed E-state index contributed by atoms with van der Waals surface area (Å²) in [5.74, 6) is -0.971. The lowest BCUT2D eigenvalue weighted by molar-refractivity contribution is 0.563. The van der Waals surface area contributed by atoms with Gasteiger partial charge >= 0.3 is 0 Å². The van der Waals surface area contributed by atoms with Crippen molar-refractivity contribution >= 4 is 12.2 Å². The molecule has 0 fully saturated rings. The van der Waals surface area contributed by atoms with Crippen LogP contribution in [0.1, 0.15) is 5.56 Å². The van der Waals surface area contributed by atoms with Gasteiger partial charge in [-0.25, -0.2) is 8.78 Å². The van der Waals surface area contributed by atoms with E-state index in [1.807, 2.05) is 18.2 Å². The average molecular weight is 303 g/mol. The number of nitrogens with one attached hydrogen (secondary N) is 1. The highest BCUT2D eigenvalue weighted by Crippen LogP contribution is 2.26. The molecular formula is C15H11F2N3S. The molecule has 0 aliphatic carbocycles. The molecule has 1 N–H and O–H groups in total. The third-order valence-electron chi connectivity index (χ3n) is 3.19. The molecule has 1 aromatic heterocycles. The highest BCUT2D eigenvalue weighted by molar-refractivity contribution is 7.71. The van der Waals surface area contributed by atoms with E-state index in [1.54, 1.807) is 19.1 Å². The molecule has 6 heteroatoms. The first-order valence-electron chi connectivity index (χ1n) is 6.27. The summed E-state index contributed by atoms with van der Waals surface area (Å²) in [6, 6.07) is 11.7. The Morgan fingerprint density at radius 2 is 1.81 bits per heavy atom. The van der Waals surface area contributed by atoms with Crippen LogP contribution in [0.5, 0.6) is 0 Å². The number of aryl methyl sites for hydroxylation is 1. The highest BCUT2D eigenvalue weighted by Gasteiger charge is 2.19. The number of benzene rings is 2. The van der Waals surface area contributed by atoms with Crippen LogP contribution in [0.15, 0.2) is 42.5 Å². The van der Waals surface area contributed by atoms with Crippen molar-refractivity contribution < 1.29 is 8.78 Å². The maximum absolute atomic E-state index is 14.4. The Bertz CT molecular complexity index is 853. The fourth-order valence-corrected chi connectivity index (χ4v) is 2.36. The van der Waals surface area contributed by atoms with Crippen molar-refractivity contribution in [1.82, 2.24) is 14.8 Å². The largest absolute Gasteiger partial charge is 0.262 e. The minimum Gasteiger partial charge on any atom is -0.262 e. The van der Waals surface area contributed by atoms with Crippen LogP contribution in [0.2, 0.25) is 0 Å². The first kappa shape index (κ1) is 13.6. The predicted molar refractivity (Wildman–Crippen MR) is 78.8 cm³/mol. The Morgan fingerprint density at radius 3 is 2.52 bits per heavy atom. The second kappa shape index (κ2) is 5.21. The van der Waals surface area contributed by atoms with Crippen LogP contribution in [0.4, 0.5) is 8.78 Å². The lowest BCUT2D eigenvalue weighted by atomic mass is 10.1. The maximum Gasteiger partial charge on any atom is 0.200 e. The van der Waals surface area contributed by atoms with Gasteiger partial charge in [0.05, 0.1) is 0 Å². The molecule has 2 aromatic carbocycles. The van der Waals surface area contributed by atoms with E-state index in [0.29, 0.717) is 17.0 Å². The van der Waals surface area contributed by atoms with Crippen LogP contribution in [-0.4, -0.2) is 14.8 Å². The summed E-state index contributed by atoms with van der Waals surface area (Å²) in [4.78, 5) is 0. The number of aromatic nitrogens is 3. The second-order valence-electron chi connectivity index (χ2n) is 4.58. The lowest BCUT2D eigenvalue weighted by Crippen LogP contribution is -2.05. The normalized spacial score (nSPS) is 10.8. The van der Waals surface area contributed by atoms with Gasteiger partial charge in [0, 0.05) is 5.56 Å². The van der Waals surface area contributed by atoms with Gasteiger partial charge in [0.15, 0.2) is 16.4 Å². The Morgan fingerprint density at radius 1 is 1.10 bits per heavy atom. The summed E-state index contributed by atoms with van der Waals surface area (Å²) < 4.78 is 29.9. The molecule has 0 bridgehead atoms. The smallest absolute Gasteiger partial charge is 0.200 e. The lowest BCUT2D eigenvalue weighted by Gasteiger charge is -2.10. The van der Waals surface area contributed by atoms with Crippen LogP contribution in [0.3, 0.4) is 0 Å². The number of hydrogen-bond acceptors (Lipinski definition) is 2. The van der Waals surface area contributed by atoms with Gasteiger partial charge in [-0.3, -0.25) is 9.67 Å². The van der Waals surface area contributed by atoms with Crippen LogP contribution in [-0.2, 0) is 0 Å². The van der Waals surface area contributed by atoms with Crippen molar-refractivity contribution in [3.63, 3.8) is 0 Å². The van der Waals surface area contributed by atoms with E-state index in [-0.39, 0.29) is 10.5 Å². The van der Waals surface area contributed by atoms with Gasteiger partial charge < -0.3 is 0 Å². The molecule has 0 unspecified atom stereocenters. The quantitative estimate of drug-likeness (QED) is 0.720. The van der Waals surface area contributed by atoms with E-state index >= 15 is 0 Å². The van der Waals surface area contributed by atoms with Gasteiger partial charge in [0.25, 0.3) is 0 Å². The number of H-pyrrole nitrogens is 1. The van der Waals surface area contributed by atoms with Crippen molar-refractivity contribution in [2.24, 2.45) is 0 Å². The fourth-order valence-electron chi connectivity index (χ4n) is 2.13. The SMILES string of the molecule is Cc1ccc(F)c(-n2c(-c3ccccc3)n[nH]c2=S)c1F. The fraction of sp³-hybridized carbons (Fsp3) is 0.0667. The molecule has 3 aromatic rings. The molecule has 106 valence electrons. The molecule has 1 heterocycles. The molecule has 0 atom stereocenters. The highest BCUT2D eigenvalue weighted by atomic mass is 32.1. The van der Waals surface area contributed by atoms with Gasteiger partial charge in [-0.05, 0) is 30.8 Å². The first-order valence-corrected chi connectivity index (χ1v) is 6.68. The molecule has 0 saturated heterocycles. The maximum atomic E-state index is 14.4. The van der Waals surface area contributed by atoms with Gasteiger partial charge in [-0.1, -0.05) is 36.4 Å². The molecular weight excluding hydrogens is 292 g/mol. The minimum atomic E-state index is -0.687. The average Bonchev–Trinajstić information content (AvgIpc) is 2.87. The molecule has 0 aliphatic heterocycles. The molecule has 0 aliphatic rings. The second-order valence-corrected chi connectivity index (χ2v) is 4.97. The van der Waals surface area contributed by atoms with Crippen molar-refractivity contribution in [2.75, 3.05) is 0 Å². The zero-order valence-electron chi connectivity index (χ0n) is 11.1. The van der Waals surface area contributed by atoms with Crippen molar-refractivity contribution in [2.45, 2.75) is 6.92 Å². The summed E-state index contributed by atoms with van der Waals surface area (Å²) >= 11 is 5.13. The van der Waals surface area contributed by atoms with Crippen molar-refractivity contribution in [1.29, 1.82) is 0 Å². The van der Waals surface area contributed by atoms with Gasteiger partial charge in [0.2, 0.25) is 0 Å². The monoisotopic (exact) mass is 303 g/mol. The number of halogens is 2. The molecule has 0 saturated carbocycles. The van der Waals surface area contributed by atoms with E-state index in [2.05, 4.69) is 10.2 Å². The number of rotatable bonds is 2. The molecule has 0 amide bonds. The topological polar surface area (TPSA) is 33.6 Å². The van der Waals surface area contributed by atoms with E-state index in [0.717, 1.165) is 0 Å². The number of nitrogens with zero attached hydrogens (tertiary/aromatic N) is 2. The Hall–Kier alpha value is -2.34. The molecule has 3 rings (SSSR count). The number of hydrogen-bond donors (Lipinski definition) is 1. The molecule has 3 nitrogen and oxygen atoms in total.